The molecule has 2 aliphatic rings. The molecule has 1 N–H and O–H groups in total. The Balaban J connectivity index is 1.93. The van der Waals surface area contributed by atoms with Crippen molar-refractivity contribution in [3.8, 4) is 11.5 Å². The van der Waals surface area contributed by atoms with Gasteiger partial charge < -0.3 is 14.6 Å². The summed E-state index contributed by atoms with van der Waals surface area (Å²) in [5.74, 6) is -0.624. The Morgan fingerprint density at radius 3 is 2.41 bits per heavy atom. The molecule has 27 heavy (non-hydrogen) atoms. The molecule has 0 atom stereocenters. The number of anilines is 1. The van der Waals surface area contributed by atoms with Crippen LogP contribution >= 0.6 is 0 Å². The van der Waals surface area contributed by atoms with Crippen LogP contribution in [0.15, 0.2) is 36.4 Å². The van der Waals surface area contributed by atoms with E-state index in [0.29, 0.717) is 33.9 Å². The smallest absolute Gasteiger partial charge is 0.269 e. The number of hydrogen-bond donors (Lipinski definition) is 1. The van der Waals surface area contributed by atoms with E-state index in [0.717, 1.165) is 4.90 Å². The Labute approximate surface area is 154 Å². The number of nitrogens with zero attached hydrogens (tertiary/aromatic N) is 1. The van der Waals surface area contributed by atoms with Gasteiger partial charge in [-0.3, -0.25) is 14.4 Å². The normalized spacial score (nSPS) is 16.4. The van der Waals surface area contributed by atoms with Crippen molar-refractivity contribution in [1.82, 2.24) is 0 Å². The Morgan fingerprint density at radius 1 is 1.00 bits per heavy atom. The summed E-state index contributed by atoms with van der Waals surface area (Å²) in [6, 6.07) is 9.37. The fraction of sp³-hybridized carbons (Fsp3) is 0.150. The second kappa shape index (κ2) is 5.98. The van der Waals surface area contributed by atoms with Gasteiger partial charge in [-0.05, 0) is 43.3 Å². The molecule has 136 valence electrons. The third-order valence-corrected chi connectivity index (χ3v) is 4.53. The Morgan fingerprint density at radius 2 is 1.70 bits per heavy atom. The van der Waals surface area contributed by atoms with E-state index in [9.17, 15) is 19.5 Å². The van der Waals surface area contributed by atoms with E-state index < -0.39 is 11.8 Å². The van der Waals surface area contributed by atoms with Crippen molar-refractivity contribution in [3.63, 3.8) is 0 Å². The maximum Gasteiger partial charge on any atom is 0.269 e. The monoisotopic (exact) mass is 365 g/mol. The summed E-state index contributed by atoms with van der Waals surface area (Å²) in [7, 11) is 0. The van der Waals surface area contributed by atoms with Gasteiger partial charge in [-0.25, -0.2) is 4.90 Å². The average molecular weight is 365 g/mol. The van der Waals surface area contributed by atoms with Crippen molar-refractivity contribution >= 4 is 34.6 Å². The third kappa shape index (κ3) is 2.55. The van der Waals surface area contributed by atoms with Crippen LogP contribution in [0.1, 0.15) is 35.3 Å². The number of fused-ring (bicyclic) bond motifs is 2. The summed E-state index contributed by atoms with van der Waals surface area (Å²) in [6.07, 6.45) is 0. The molecule has 2 aromatic rings. The molecule has 2 amide bonds. The van der Waals surface area contributed by atoms with Gasteiger partial charge in [0.05, 0.1) is 11.3 Å². The molecule has 0 radical (unpaired) electrons. The predicted molar refractivity (Wildman–Crippen MR) is 96.6 cm³/mol. The number of rotatable bonds is 2. The first-order valence-corrected chi connectivity index (χ1v) is 8.22. The zero-order chi connectivity index (χ0) is 19.3. The van der Waals surface area contributed by atoms with Gasteiger partial charge in [0, 0.05) is 23.6 Å². The lowest BCUT2D eigenvalue weighted by molar-refractivity contribution is -0.122. The fourth-order valence-electron chi connectivity index (χ4n) is 3.22. The van der Waals surface area contributed by atoms with Gasteiger partial charge >= 0.3 is 0 Å². The summed E-state index contributed by atoms with van der Waals surface area (Å²) in [5.41, 5.74) is 1.34. The van der Waals surface area contributed by atoms with Crippen LogP contribution in [0.3, 0.4) is 0 Å². The van der Waals surface area contributed by atoms with Gasteiger partial charge in [-0.15, -0.1) is 0 Å². The fourth-order valence-corrected chi connectivity index (χ4v) is 3.22. The van der Waals surface area contributed by atoms with Crippen LogP contribution in [0.5, 0.6) is 11.5 Å². The van der Waals surface area contributed by atoms with Crippen molar-refractivity contribution in [1.29, 1.82) is 0 Å². The Hall–Kier alpha value is -3.61. The number of hydrogen-bond acceptors (Lipinski definition) is 6. The summed E-state index contributed by atoms with van der Waals surface area (Å²) >= 11 is 0. The lowest BCUT2D eigenvalue weighted by Crippen LogP contribution is -2.31. The highest BCUT2D eigenvalue weighted by atomic mass is 16.7. The maximum atomic E-state index is 12.9. The molecule has 0 bridgehead atoms. The average Bonchev–Trinajstić information content (AvgIpc) is 3.20. The molecular formula is C20H15NO6. The van der Waals surface area contributed by atoms with Crippen LogP contribution in [0.25, 0.3) is 11.3 Å². The van der Waals surface area contributed by atoms with E-state index in [1.807, 2.05) is 0 Å². The zero-order valence-electron chi connectivity index (χ0n) is 14.6. The number of carbonyl (C=O) groups excluding carboxylic acids is 3. The van der Waals surface area contributed by atoms with Crippen LogP contribution in [0.4, 0.5) is 5.69 Å². The molecule has 7 nitrogen and oxygen atoms in total. The van der Waals surface area contributed by atoms with Crippen LogP contribution in [0.2, 0.25) is 0 Å². The summed E-state index contributed by atoms with van der Waals surface area (Å²) in [5, 5.41) is 10.8. The van der Waals surface area contributed by atoms with Gasteiger partial charge in [0.25, 0.3) is 5.91 Å². The molecular weight excluding hydrogens is 350 g/mol. The van der Waals surface area contributed by atoms with Crippen LogP contribution in [0, 0.1) is 0 Å². The summed E-state index contributed by atoms with van der Waals surface area (Å²) in [6.45, 7) is 2.75. The number of ether oxygens (including phenoxy) is 2. The number of aliphatic hydroxyl groups is 1. The van der Waals surface area contributed by atoms with E-state index in [1.165, 1.54) is 26.0 Å². The second-order valence-corrected chi connectivity index (χ2v) is 6.24. The first-order valence-electron chi connectivity index (χ1n) is 8.22. The number of amides is 2. The van der Waals surface area contributed by atoms with Crippen LogP contribution in [-0.2, 0) is 9.59 Å². The topological polar surface area (TPSA) is 93.1 Å². The molecule has 0 fully saturated rings. The molecule has 4 rings (SSSR count). The minimum atomic E-state index is -0.645. The van der Waals surface area contributed by atoms with Gasteiger partial charge in [0.2, 0.25) is 12.7 Å². The van der Waals surface area contributed by atoms with Crippen molar-refractivity contribution in [2.24, 2.45) is 0 Å². The SMILES string of the molecule is CC(=O)c1ccc2c(c1)/C(=C(/O)c1ccc3c(c1)OCO3)C(=O)N2C(C)=O. The molecule has 2 aromatic carbocycles. The highest BCUT2D eigenvalue weighted by Gasteiger charge is 2.38. The third-order valence-electron chi connectivity index (χ3n) is 4.53. The lowest BCUT2D eigenvalue weighted by Gasteiger charge is -2.12. The van der Waals surface area contributed by atoms with Gasteiger partial charge in [0.15, 0.2) is 17.3 Å². The molecule has 2 aliphatic heterocycles. The number of imide groups is 1. The molecule has 0 unspecified atom stereocenters. The number of aliphatic hydroxyl groups excluding tert-OH is 1. The molecule has 2 heterocycles. The molecule has 7 heteroatoms. The molecule has 0 aliphatic carbocycles. The summed E-state index contributed by atoms with van der Waals surface area (Å²) in [4.78, 5) is 37.6. The first-order chi connectivity index (χ1) is 12.9. The highest BCUT2D eigenvalue weighted by Crippen LogP contribution is 2.42. The number of ketones is 1. The predicted octanol–water partition coefficient (Wildman–Crippen LogP) is 2.94. The van der Waals surface area contributed by atoms with E-state index in [1.54, 1.807) is 24.3 Å². The second-order valence-electron chi connectivity index (χ2n) is 6.24. The summed E-state index contributed by atoms with van der Waals surface area (Å²) < 4.78 is 10.6. The molecule has 0 saturated heterocycles. The maximum absolute atomic E-state index is 12.9. The molecule has 0 saturated carbocycles. The van der Waals surface area contributed by atoms with Crippen molar-refractivity contribution in [2.75, 3.05) is 11.7 Å². The van der Waals surface area contributed by atoms with E-state index in [4.69, 9.17) is 9.47 Å². The number of benzene rings is 2. The van der Waals surface area contributed by atoms with Crippen molar-refractivity contribution < 1.29 is 29.0 Å². The highest BCUT2D eigenvalue weighted by molar-refractivity contribution is 6.42. The minimum Gasteiger partial charge on any atom is -0.506 e. The van der Waals surface area contributed by atoms with E-state index in [-0.39, 0.29) is 23.9 Å². The number of Topliss-reactive ketones (excluding diaryl/α,β-unsaturated/α-hetero) is 1. The molecule has 0 spiro atoms. The minimum absolute atomic E-state index is 0.0397. The standard InChI is InChI=1S/C20H15NO6/c1-10(22)12-3-5-15-14(7-12)18(20(25)21(15)11(2)23)19(24)13-4-6-16-17(8-13)27-9-26-16/h3-8,24H,9H2,1-2H3/b19-18-. The zero-order valence-corrected chi connectivity index (χ0v) is 14.6. The molecule has 0 aromatic heterocycles. The largest absolute Gasteiger partial charge is 0.506 e. The van der Waals surface area contributed by atoms with E-state index >= 15 is 0 Å². The van der Waals surface area contributed by atoms with E-state index in [2.05, 4.69) is 0 Å². The Kier molecular flexibility index (Phi) is 3.73. The van der Waals surface area contributed by atoms with Crippen LogP contribution in [-0.4, -0.2) is 29.5 Å². The van der Waals surface area contributed by atoms with Gasteiger partial charge in [-0.1, -0.05) is 0 Å². The van der Waals surface area contributed by atoms with Gasteiger partial charge in [0.1, 0.15) is 5.76 Å². The van der Waals surface area contributed by atoms with Crippen molar-refractivity contribution in [3.05, 3.63) is 53.1 Å². The van der Waals surface area contributed by atoms with Crippen molar-refractivity contribution in [2.45, 2.75) is 13.8 Å². The first kappa shape index (κ1) is 16.8. The van der Waals surface area contributed by atoms with Gasteiger partial charge in [-0.2, -0.15) is 0 Å². The lowest BCUT2D eigenvalue weighted by atomic mass is 9.99. The Bertz CT molecular complexity index is 1050. The number of carbonyl (C=O) groups is 3. The van der Waals surface area contributed by atoms with Crippen LogP contribution < -0.4 is 14.4 Å². The quantitative estimate of drug-likeness (QED) is 0.500.